The molecule has 2 aromatic rings. The fraction of sp³-hybridized carbons (Fsp3) is 0.400. The molecule has 0 radical (unpaired) electrons. The Morgan fingerprint density at radius 2 is 2.18 bits per heavy atom. The Labute approximate surface area is 104 Å². The molecular formula is C10H14ClN5O. The minimum absolute atomic E-state index is 0.414. The molecule has 0 saturated heterocycles. The van der Waals surface area contributed by atoms with Crippen LogP contribution in [-0.2, 0) is 13.6 Å². The topological polar surface area (TPSA) is 81.9 Å². The fourth-order valence-corrected chi connectivity index (χ4v) is 1.96. The molecule has 3 N–H and O–H groups in total. The maximum atomic E-state index is 10.3. The summed E-state index contributed by atoms with van der Waals surface area (Å²) in [7, 11) is 1.71. The maximum absolute atomic E-state index is 10.3. The number of rotatable bonds is 3. The standard InChI is InChI=1S/C10H14ClN5O/c1-3-16-8(7(11)5-14-16)9(17)6-4-13-15(2)10(6)12/h4-5,9,17H,3,12H2,1-2H3. The van der Waals surface area contributed by atoms with Gasteiger partial charge >= 0.3 is 0 Å². The predicted molar refractivity (Wildman–Crippen MR) is 64.6 cm³/mol. The van der Waals surface area contributed by atoms with E-state index in [0.29, 0.717) is 28.6 Å². The van der Waals surface area contributed by atoms with Crippen molar-refractivity contribution < 1.29 is 5.11 Å². The molecule has 0 spiro atoms. The highest BCUT2D eigenvalue weighted by Crippen LogP contribution is 2.30. The van der Waals surface area contributed by atoms with Crippen LogP contribution in [-0.4, -0.2) is 24.7 Å². The van der Waals surface area contributed by atoms with Crippen LogP contribution in [0.1, 0.15) is 24.3 Å². The van der Waals surface area contributed by atoms with Crippen molar-refractivity contribution in [3.8, 4) is 0 Å². The zero-order chi connectivity index (χ0) is 12.6. The van der Waals surface area contributed by atoms with Crippen LogP contribution in [0.3, 0.4) is 0 Å². The second-order valence-electron chi connectivity index (χ2n) is 3.70. The van der Waals surface area contributed by atoms with Gasteiger partial charge in [0, 0.05) is 19.2 Å². The van der Waals surface area contributed by atoms with Crippen molar-refractivity contribution in [2.24, 2.45) is 7.05 Å². The number of aryl methyl sites for hydroxylation is 2. The van der Waals surface area contributed by atoms with Gasteiger partial charge in [0.15, 0.2) is 0 Å². The van der Waals surface area contributed by atoms with Crippen LogP contribution in [0.4, 0.5) is 5.82 Å². The van der Waals surface area contributed by atoms with Crippen molar-refractivity contribution in [1.29, 1.82) is 0 Å². The molecule has 7 heteroatoms. The molecule has 2 rings (SSSR count). The van der Waals surface area contributed by atoms with Gasteiger partial charge in [-0.3, -0.25) is 9.36 Å². The van der Waals surface area contributed by atoms with Crippen molar-refractivity contribution >= 4 is 17.4 Å². The summed E-state index contributed by atoms with van der Waals surface area (Å²) in [4.78, 5) is 0. The van der Waals surface area contributed by atoms with Crippen LogP contribution in [0.2, 0.25) is 5.02 Å². The van der Waals surface area contributed by atoms with Gasteiger partial charge in [0.25, 0.3) is 0 Å². The predicted octanol–water partition coefficient (Wildman–Crippen LogP) is 0.954. The fourth-order valence-electron chi connectivity index (χ4n) is 1.72. The zero-order valence-corrected chi connectivity index (χ0v) is 10.4. The van der Waals surface area contributed by atoms with Gasteiger partial charge in [-0.2, -0.15) is 10.2 Å². The number of nitrogens with two attached hydrogens (primary N) is 1. The molecule has 0 saturated carbocycles. The quantitative estimate of drug-likeness (QED) is 0.856. The Balaban J connectivity index is 2.46. The van der Waals surface area contributed by atoms with E-state index in [2.05, 4.69) is 10.2 Å². The van der Waals surface area contributed by atoms with Crippen LogP contribution >= 0.6 is 11.6 Å². The summed E-state index contributed by atoms with van der Waals surface area (Å²) >= 11 is 6.02. The third kappa shape index (κ3) is 1.89. The molecule has 1 unspecified atom stereocenters. The van der Waals surface area contributed by atoms with E-state index in [9.17, 15) is 5.11 Å². The van der Waals surface area contributed by atoms with E-state index in [1.165, 1.54) is 17.1 Å². The number of aromatic nitrogens is 4. The van der Waals surface area contributed by atoms with Crippen LogP contribution in [0.5, 0.6) is 0 Å². The zero-order valence-electron chi connectivity index (χ0n) is 9.63. The lowest BCUT2D eigenvalue weighted by molar-refractivity contribution is 0.209. The smallest absolute Gasteiger partial charge is 0.127 e. The first-order valence-electron chi connectivity index (χ1n) is 5.22. The summed E-state index contributed by atoms with van der Waals surface area (Å²) < 4.78 is 3.14. The van der Waals surface area contributed by atoms with Crippen molar-refractivity contribution in [2.75, 3.05) is 5.73 Å². The van der Waals surface area contributed by atoms with Gasteiger partial charge in [0.05, 0.1) is 23.1 Å². The Bertz CT molecular complexity index is 533. The SMILES string of the molecule is CCn1ncc(Cl)c1C(O)c1cnn(C)c1N. The molecule has 92 valence electrons. The number of nitrogens with zero attached hydrogens (tertiary/aromatic N) is 4. The Hall–Kier alpha value is -1.53. The third-order valence-corrected chi connectivity index (χ3v) is 2.99. The van der Waals surface area contributed by atoms with Crippen molar-refractivity contribution in [3.63, 3.8) is 0 Å². The van der Waals surface area contributed by atoms with E-state index >= 15 is 0 Å². The normalized spacial score (nSPS) is 12.9. The Kier molecular flexibility index (Phi) is 3.08. The number of hydrogen-bond acceptors (Lipinski definition) is 4. The third-order valence-electron chi connectivity index (χ3n) is 2.70. The number of nitrogen functional groups attached to an aromatic ring is 1. The molecule has 1 atom stereocenters. The largest absolute Gasteiger partial charge is 0.384 e. The van der Waals surface area contributed by atoms with Gasteiger partial charge < -0.3 is 10.8 Å². The highest BCUT2D eigenvalue weighted by molar-refractivity contribution is 6.31. The summed E-state index contributed by atoms with van der Waals surface area (Å²) in [6.07, 6.45) is 2.12. The van der Waals surface area contributed by atoms with E-state index in [0.717, 1.165) is 0 Å². The van der Waals surface area contributed by atoms with Crippen LogP contribution in [0, 0.1) is 0 Å². The minimum Gasteiger partial charge on any atom is -0.384 e. The van der Waals surface area contributed by atoms with Gasteiger partial charge in [-0.25, -0.2) is 0 Å². The van der Waals surface area contributed by atoms with Crippen molar-refractivity contribution in [3.05, 3.63) is 28.7 Å². The van der Waals surface area contributed by atoms with Gasteiger partial charge in [-0.15, -0.1) is 0 Å². The molecule has 0 aromatic carbocycles. The Morgan fingerprint density at radius 3 is 2.71 bits per heavy atom. The van der Waals surface area contributed by atoms with Crippen LogP contribution < -0.4 is 5.73 Å². The highest BCUT2D eigenvalue weighted by Gasteiger charge is 2.23. The van der Waals surface area contributed by atoms with Crippen molar-refractivity contribution in [1.82, 2.24) is 19.6 Å². The molecular weight excluding hydrogens is 242 g/mol. The van der Waals surface area contributed by atoms with Gasteiger partial charge in [0.2, 0.25) is 0 Å². The first kappa shape index (κ1) is 11.9. The molecule has 17 heavy (non-hydrogen) atoms. The van der Waals surface area contributed by atoms with Gasteiger partial charge in [-0.1, -0.05) is 11.6 Å². The number of halogens is 1. The second kappa shape index (κ2) is 4.38. The molecule has 2 heterocycles. The number of anilines is 1. The summed E-state index contributed by atoms with van der Waals surface area (Å²) in [6, 6.07) is 0. The molecule has 0 bridgehead atoms. The average Bonchev–Trinajstić information content (AvgIpc) is 2.83. The molecule has 0 aliphatic heterocycles. The second-order valence-corrected chi connectivity index (χ2v) is 4.11. The first-order chi connectivity index (χ1) is 8.06. The van der Waals surface area contributed by atoms with E-state index in [4.69, 9.17) is 17.3 Å². The Morgan fingerprint density at radius 1 is 1.47 bits per heavy atom. The summed E-state index contributed by atoms with van der Waals surface area (Å²) in [6.45, 7) is 2.55. The minimum atomic E-state index is -0.918. The van der Waals surface area contributed by atoms with Gasteiger partial charge in [0.1, 0.15) is 11.9 Å². The number of aliphatic hydroxyl groups is 1. The first-order valence-corrected chi connectivity index (χ1v) is 5.60. The lowest BCUT2D eigenvalue weighted by atomic mass is 10.1. The molecule has 0 aliphatic carbocycles. The number of hydrogen-bond donors (Lipinski definition) is 2. The van der Waals surface area contributed by atoms with Gasteiger partial charge in [-0.05, 0) is 6.92 Å². The summed E-state index contributed by atoms with van der Waals surface area (Å²) in [5, 5.41) is 18.8. The van der Waals surface area contributed by atoms with E-state index in [1.54, 1.807) is 11.7 Å². The molecule has 0 amide bonds. The lowest BCUT2D eigenvalue weighted by Crippen LogP contribution is -2.11. The molecule has 2 aromatic heterocycles. The monoisotopic (exact) mass is 255 g/mol. The maximum Gasteiger partial charge on any atom is 0.127 e. The van der Waals surface area contributed by atoms with Crippen LogP contribution in [0.15, 0.2) is 12.4 Å². The summed E-state index contributed by atoms with van der Waals surface area (Å²) in [5.74, 6) is 0.414. The average molecular weight is 256 g/mol. The van der Waals surface area contributed by atoms with Crippen LogP contribution in [0.25, 0.3) is 0 Å². The highest BCUT2D eigenvalue weighted by atomic mass is 35.5. The molecule has 0 fully saturated rings. The lowest BCUT2D eigenvalue weighted by Gasteiger charge is -2.12. The van der Waals surface area contributed by atoms with Crippen molar-refractivity contribution in [2.45, 2.75) is 19.6 Å². The summed E-state index contributed by atoms with van der Waals surface area (Å²) in [5.41, 5.74) is 6.89. The number of aliphatic hydroxyl groups excluding tert-OH is 1. The van der Waals surface area contributed by atoms with E-state index in [1.807, 2.05) is 6.92 Å². The molecule has 6 nitrogen and oxygen atoms in total. The van der Waals surface area contributed by atoms with E-state index < -0.39 is 6.10 Å². The molecule has 0 aliphatic rings. The van der Waals surface area contributed by atoms with E-state index in [-0.39, 0.29) is 0 Å².